The topological polar surface area (TPSA) is 55.4 Å². The summed E-state index contributed by atoms with van der Waals surface area (Å²) < 4.78 is 40.3. The fourth-order valence-electron chi connectivity index (χ4n) is 7.69. The molecule has 0 aromatic carbocycles. The Morgan fingerprint density at radius 2 is 0.905 bits per heavy atom. The Balaban J connectivity index is 1.72. The molecule has 3 fully saturated rings. The summed E-state index contributed by atoms with van der Waals surface area (Å²) in [6.45, 7) is 25.7. The summed E-state index contributed by atoms with van der Waals surface area (Å²) in [5, 5.41) is 0. The minimum atomic E-state index is -0.380. The molecule has 0 spiro atoms. The van der Waals surface area contributed by atoms with Gasteiger partial charge in [0.2, 0.25) is 0 Å². The summed E-state index contributed by atoms with van der Waals surface area (Å²) in [5.41, 5.74) is 0. The summed E-state index contributed by atoms with van der Waals surface area (Å²) >= 11 is 0. The highest BCUT2D eigenvalue weighted by molar-refractivity contribution is 4.91. The first kappa shape index (κ1) is 36.2. The van der Waals surface area contributed by atoms with Crippen molar-refractivity contribution in [2.45, 2.75) is 183 Å². The summed E-state index contributed by atoms with van der Waals surface area (Å²) in [4.78, 5) is 0. The average Bonchev–Trinajstić information content (AvgIpc) is 2.98. The zero-order valence-corrected chi connectivity index (χ0v) is 29.2. The van der Waals surface area contributed by atoms with E-state index in [1.807, 2.05) is 0 Å². The van der Waals surface area contributed by atoms with Crippen molar-refractivity contribution < 1.29 is 28.4 Å². The van der Waals surface area contributed by atoms with Crippen molar-refractivity contribution in [2.75, 3.05) is 6.61 Å². The van der Waals surface area contributed by atoms with E-state index in [0.717, 1.165) is 25.7 Å². The van der Waals surface area contributed by atoms with Crippen molar-refractivity contribution in [3.05, 3.63) is 0 Å². The highest BCUT2D eigenvalue weighted by Crippen LogP contribution is 2.43. The maximum absolute atomic E-state index is 6.96. The molecule has 0 aromatic heterocycles. The number of ether oxygens (including phenoxy) is 6. The fourth-order valence-corrected chi connectivity index (χ4v) is 7.69. The van der Waals surface area contributed by atoms with Crippen LogP contribution in [0.5, 0.6) is 0 Å². The van der Waals surface area contributed by atoms with Gasteiger partial charge in [-0.1, -0.05) is 108 Å². The molecule has 0 radical (unpaired) electrons. The van der Waals surface area contributed by atoms with Gasteiger partial charge in [-0.2, -0.15) is 0 Å². The van der Waals surface area contributed by atoms with Gasteiger partial charge in [0.25, 0.3) is 0 Å². The highest BCUT2D eigenvalue weighted by atomic mass is 16.7. The lowest BCUT2D eigenvalue weighted by atomic mass is 9.78. The molecule has 0 bridgehead atoms. The number of hydrogen-bond donors (Lipinski definition) is 0. The van der Waals surface area contributed by atoms with Gasteiger partial charge in [0.1, 0.15) is 6.10 Å². The molecule has 248 valence electrons. The van der Waals surface area contributed by atoms with Gasteiger partial charge in [-0.3, -0.25) is 0 Å². The van der Waals surface area contributed by atoms with Gasteiger partial charge >= 0.3 is 0 Å². The number of unbranched alkanes of at least 4 members (excludes halogenated alkanes) is 5. The average molecular weight is 597 g/mol. The lowest BCUT2D eigenvalue weighted by molar-refractivity contribution is -0.356. The van der Waals surface area contributed by atoms with Crippen molar-refractivity contribution in [1.29, 1.82) is 0 Å². The van der Waals surface area contributed by atoms with Crippen LogP contribution in [0.2, 0.25) is 0 Å². The predicted molar refractivity (Wildman–Crippen MR) is 170 cm³/mol. The second-order valence-electron chi connectivity index (χ2n) is 14.2. The third-order valence-electron chi connectivity index (χ3n) is 11.4. The fraction of sp³-hybridized carbons (Fsp3) is 1.00. The monoisotopic (exact) mass is 597 g/mol. The Hall–Kier alpha value is -0.240. The Morgan fingerprint density at radius 1 is 0.429 bits per heavy atom. The van der Waals surface area contributed by atoms with Crippen molar-refractivity contribution in [1.82, 2.24) is 0 Å². The largest absolute Gasteiger partial charge is 0.350 e. The Kier molecular flexibility index (Phi) is 15.1. The standard InChI is InChI=1S/C36H68O6/c1-12-16-17-18-19-20-21-37-36-33(25(8)24(7)30(14-3)40-36)42-35-28(11)32(27(10)31(15-4)39-35)41-34-26(9)22(5)23(6)29(13-2)38-34/h22-36H,12-21H2,1-11H3/t22-,23+,24+,25-,26?,27-,28?,29?,30?,31?,32-,33?,34-,35-,36+/m0/s1. The molecule has 0 saturated carbocycles. The van der Waals surface area contributed by atoms with Crippen LogP contribution in [0.1, 0.15) is 134 Å². The molecule has 0 N–H and O–H groups in total. The van der Waals surface area contributed by atoms with Gasteiger partial charge in [-0.15, -0.1) is 0 Å². The molecule has 6 unspecified atom stereocenters. The third-order valence-corrected chi connectivity index (χ3v) is 11.4. The lowest BCUT2D eigenvalue weighted by Crippen LogP contribution is -2.58. The molecular formula is C36H68O6. The van der Waals surface area contributed by atoms with E-state index in [4.69, 9.17) is 28.4 Å². The van der Waals surface area contributed by atoms with Crippen molar-refractivity contribution in [3.63, 3.8) is 0 Å². The van der Waals surface area contributed by atoms with Crippen molar-refractivity contribution in [2.24, 2.45) is 41.4 Å². The minimum absolute atomic E-state index is 0.0117. The van der Waals surface area contributed by atoms with E-state index in [1.165, 1.54) is 32.1 Å². The molecule has 3 heterocycles. The normalized spacial score (nSPS) is 44.8. The summed E-state index contributed by atoms with van der Waals surface area (Å²) in [6.07, 6.45) is 9.69. The summed E-state index contributed by atoms with van der Waals surface area (Å²) in [7, 11) is 0. The second-order valence-corrected chi connectivity index (χ2v) is 14.2. The van der Waals surface area contributed by atoms with Crippen LogP contribution in [-0.4, -0.2) is 56.0 Å². The molecule has 0 aromatic rings. The molecular weight excluding hydrogens is 528 g/mol. The van der Waals surface area contributed by atoms with E-state index >= 15 is 0 Å². The van der Waals surface area contributed by atoms with E-state index in [1.54, 1.807) is 0 Å². The zero-order valence-electron chi connectivity index (χ0n) is 29.2. The first-order chi connectivity index (χ1) is 20.1. The third kappa shape index (κ3) is 8.72. The van der Waals surface area contributed by atoms with E-state index in [2.05, 4.69) is 76.2 Å². The van der Waals surface area contributed by atoms with Crippen LogP contribution in [0.4, 0.5) is 0 Å². The number of rotatable bonds is 15. The van der Waals surface area contributed by atoms with Crippen LogP contribution in [0.15, 0.2) is 0 Å². The maximum Gasteiger partial charge on any atom is 0.184 e. The van der Waals surface area contributed by atoms with Crippen LogP contribution < -0.4 is 0 Å². The highest BCUT2D eigenvalue weighted by Gasteiger charge is 2.50. The molecule has 0 amide bonds. The van der Waals surface area contributed by atoms with Gasteiger partial charge in [0, 0.05) is 24.4 Å². The molecule has 3 saturated heterocycles. The van der Waals surface area contributed by atoms with Gasteiger partial charge in [0.05, 0.1) is 24.4 Å². The Bertz CT molecular complexity index is 746. The summed E-state index contributed by atoms with van der Waals surface area (Å²) in [6, 6.07) is 0. The van der Waals surface area contributed by atoms with E-state index in [-0.39, 0.29) is 61.2 Å². The smallest absolute Gasteiger partial charge is 0.184 e. The lowest BCUT2D eigenvalue weighted by Gasteiger charge is -2.51. The summed E-state index contributed by atoms with van der Waals surface area (Å²) in [5.74, 6) is 2.39. The second kappa shape index (κ2) is 17.5. The predicted octanol–water partition coefficient (Wildman–Crippen LogP) is 8.99. The van der Waals surface area contributed by atoms with Gasteiger partial charge < -0.3 is 28.4 Å². The molecule has 15 atom stereocenters. The van der Waals surface area contributed by atoms with Crippen LogP contribution in [-0.2, 0) is 28.4 Å². The van der Waals surface area contributed by atoms with Gasteiger partial charge in [-0.25, -0.2) is 0 Å². The Labute approximate surface area is 259 Å². The van der Waals surface area contributed by atoms with Crippen LogP contribution in [0.25, 0.3) is 0 Å². The van der Waals surface area contributed by atoms with Gasteiger partial charge in [0.15, 0.2) is 18.9 Å². The van der Waals surface area contributed by atoms with Crippen LogP contribution in [0.3, 0.4) is 0 Å². The molecule has 0 aliphatic carbocycles. The van der Waals surface area contributed by atoms with Gasteiger partial charge in [-0.05, 0) is 49.4 Å². The van der Waals surface area contributed by atoms with Crippen LogP contribution in [0, 0.1) is 41.4 Å². The molecule has 42 heavy (non-hydrogen) atoms. The Morgan fingerprint density at radius 3 is 1.50 bits per heavy atom. The maximum atomic E-state index is 6.96. The first-order valence-electron chi connectivity index (χ1n) is 18.0. The minimum Gasteiger partial charge on any atom is -0.350 e. The van der Waals surface area contributed by atoms with Crippen molar-refractivity contribution >= 4 is 0 Å². The van der Waals surface area contributed by atoms with Crippen LogP contribution >= 0.6 is 0 Å². The molecule has 6 heteroatoms. The van der Waals surface area contributed by atoms with E-state index in [9.17, 15) is 0 Å². The molecule has 6 nitrogen and oxygen atoms in total. The quantitative estimate of drug-likeness (QED) is 0.176. The molecule has 3 rings (SSSR count). The zero-order chi connectivity index (χ0) is 31.0. The SMILES string of the molecule is CCCCCCCCO[C@@H]1OC(CC)[C@H](C)[C@H](C)C1O[C@@H]1OC(CC)[C@H](C)[C@H](O[C@@H]2OC(CC)[C@H](C)[C@H](C)C2C)C1C. The van der Waals surface area contributed by atoms with E-state index in [0.29, 0.717) is 36.2 Å². The van der Waals surface area contributed by atoms with E-state index < -0.39 is 0 Å². The first-order valence-corrected chi connectivity index (χ1v) is 18.0. The van der Waals surface area contributed by atoms with Crippen molar-refractivity contribution in [3.8, 4) is 0 Å². The number of hydrogen-bond acceptors (Lipinski definition) is 6. The molecule has 3 aliphatic heterocycles. The molecule has 3 aliphatic rings.